The van der Waals surface area contributed by atoms with Gasteiger partial charge in [-0.05, 0) is 6.07 Å². The number of nitro benzene ring substituents is 1. The van der Waals surface area contributed by atoms with Gasteiger partial charge in [0.2, 0.25) is 0 Å². The molecule has 0 aliphatic heterocycles. The van der Waals surface area contributed by atoms with Gasteiger partial charge in [-0.1, -0.05) is 11.6 Å². The van der Waals surface area contributed by atoms with Crippen LogP contribution in [-0.2, 0) is 11.8 Å². The second kappa shape index (κ2) is 4.42. The van der Waals surface area contributed by atoms with Crippen molar-refractivity contribution in [3.63, 3.8) is 0 Å². The van der Waals surface area contributed by atoms with Crippen molar-refractivity contribution >= 4 is 35.8 Å². The molecule has 0 spiro atoms. The van der Waals surface area contributed by atoms with Gasteiger partial charge in [-0.25, -0.2) is 0 Å². The summed E-state index contributed by atoms with van der Waals surface area (Å²) < 4.78 is 4.55. The number of halogens is 1. The smallest absolute Gasteiger partial charge is 0.375 e. The van der Waals surface area contributed by atoms with E-state index in [1.54, 1.807) is 0 Å². The average molecular weight is 270 g/mol. The van der Waals surface area contributed by atoms with Crippen molar-refractivity contribution in [3.8, 4) is 5.75 Å². The van der Waals surface area contributed by atoms with Crippen LogP contribution in [0.5, 0.6) is 5.75 Å². The highest BCUT2D eigenvalue weighted by molar-refractivity contribution is 8.06. The zero-order valence-electron chi connectivity index (χ0n) is 7.03. The van der Waals surface area contributed by atoms with Crippen molar-refractivity contribution in [2.75, 3.05) is 0 Å². The molecule has 1 rings (SSSR count). The van der Waals surface area contributed by atoms with Gasteiger partial charge in [0, 0.05) is 23.9 Å². The molecule has 0 bridgehead atoms. The highest BCUT2D eigenvalue weighted by Crippen LogP contribution is 2.41. The minimum Gasteiger partial charge on any atom is -0.423 e. The number of non-ortho nitro benzene ring substituents is 1. The van der Waals surface area contributed by atoms with Gasteiger partial charge in [0.1, 0.15) is 5.75 Å². The summed E-state index contributed by atoms with van der Waals surface area (Å²) in [6.45, 7) is -3.87. The van der Waals surface area contributed by atoms with Gasteiger partial charge in [-0.15, -0.1) is 0 Å². The molecular formula is C6H5ClNO5PS. The van der Waals surface area contributed by atoms with E-state index in [1.807, 2.05) is 0 Å². The van der Waals surface area contributed by atoms with E-state index >= 15 is 0 Å². The Hall–Kier alpha value is -0.720. The van der Waals surface area contributed by atoms with E-state index in [0.717, 1.165) is 18.2 Å². The highest BCUT2D eigenvalue weighted by Gasteiger charge is 2.15. The van der Waals surface area contributed by atoms with E-state index in [2.05, 4.69) is 16.3 Å². The van der Waals surface area contributed by atoms with Crippen LogP contribution in [0.15, 0.2) is 18.2 Å². The first-order chi connectivity index (χ1) is 6.79. The van der Waals surface area contributed by atoms with Gasteiger partial charge in [0.15, 0.2) is 0 Å². The molecule has 0 aliphatic carbocycles. The van der Waals surface area contributed by atoms with Gasteiger partial charge < -0.3 is 14.3 Å². The number of nitro groups is 1. The lowest BCUT2D eigenvalue weighted by Gasteiger charge is -2.10. The van der Waals surface area contributed by atoms with E-state index in [-0.39, 0.29) is 16.5 Å². The van der Waals surface area contributed by atoms with Crippen molar-refractivity contribution in [1.29, 1.82) is 0 Å². The molecule has 1 aromatic carbocycles. The molecule has 0 amide bonds. The molecule has 15 heavy (non-hydrogen) atoms. The Morgan fingerprint density at radius 2 is 2.13 bits per heavy atom. The molecule has 6 nitrogen and oxygen atoms in total. The molecule has 0 atom stereocenters. The number of hydrogen-bond acceptors (Lipinski definition) is 4. The summed E-state index contributed by atoms with van der Waals surface area (Å²) in [6, 6.07) is 3.29. The van der Waals surface area contributed by atoms with Crippen LogP contribution in [0.1, 0.15) is 0 Å². The predicted molar refractivity (Wildman–Crippen MR) is 57.5 cm³/mol. The molecule has 0 aliphatic rings. The maximum Gasteiger partial charge on any atom is 0.375 e. The van der Waals surface area contributed by atoms with Crippen molar-refractivity contribution in [3.05, 3.63) is 33.3 Å². The third-order valence-electron chi connectivity index (χ3n) is 1.34. The third-order valence-corrected chi connectivity index (χ3v) is 2.30. The Kier molecular flexibility index (Phi) is 3.64. The fourth-order valence-electron chi connectivity index (χ4n) is 0.805. The Labute approximate surface area is 94.5 Å². The van der Waals surface area contributed by atoms with Gasteiger partial charge in [-0.3, -0.25) is 10.1 Å². The third kappa shape index (κ3) is 3.73. The van der Waals surface area contributed by atoms with Crippen LogP contribution in [0.3, 0.4) is 0 Å². The molecule has 0 radical (unpaired) electrons. The summed E-state index contributed by atoms with van der Waals surface area (Å²) in [4.78, 5) is 27.4. The van der Waals surface area contributed by atoms with Crippen LogP contribution in [0, 0.1) is 10.1 Å². The van der Waals surface area contributed by atoms with Crippen molar-refractivity contribution in [2.24, 2.45) is 0 Å². The molecule has 0 aromatic heterocycles. The fraction of sp³-hybridized carbons (Fsp3) is 0. The summed E-state index contributed by atoms with van der Waals surface area (Å²) in [6.07, 6.45) is 0. The zero-order chi connectivity index (χ0) is 11.6. The monoisotopic (exact) mass is 269 g/mol. The molecule has 82 valence electrons. The Bertz CT molecular complexity index is 447. The minimum atomic E-state index is -3.87. The van der Waals surface area contributed by atoms with E-state index in [9.17, 15) is 10.1 Å². The molecule has 0 fully saturated rings. The van der Waals surface area contributed by atoms with Crippen LogP contribution < -0.4 is 4.52 Å². The summed E-state index contributed by atoms with van der Waals surface area (Å²) in [7, 11) is 0. The van der Waals surface area contributed by atoms with Crippen LogP contribution in [0.2, 0.25) is 5.02 Å². The van der Waals surface area contributed by atoms with E-state index in [0.29, 0.717) is 0 Å². The van der Waals surface area contributed by atoms with Crippen LogP contribution in [0.25, 0.3) is 0 Å². The number of benzene rings is 1. The van der Waals surface area contributed by atoms with E-state index < -0.39 is 11.6 Å². The summed E-state index contributed by atoms with van der Waals surface area (Å²) in [5.41, 5.74) is -0.225. The second-order valence-electron chi connectivity index (χ2n) is 2.45. The quantitative estimate of drug-likeness (QED) is 0.494. The minimum absolute atomic E-state index is 0.101. The Morgan fingerprint density at radius 1 is 1.53 bits per heavy atom. The fourth-order valence-corrected chi connectivity index (χ4v) is 1.73. The van der Waals surface area contributed by atoms with Crippen LogP contribution in [0.4, 0.5) is 5.69 Å². The van der Waals surface area contributed by atoms with Crippen LogP contribution >= 0.6 is 18.3 Å². The first-order valence-electron chi connectivity index (χ1n) is 3.49. The lowest BCUT2D eigenvalue weighted by molar-refractivity contribution is -0.384. The summed E-state index contributed by atoms with van der Waals surface area (Å²) in [5, 5.41) is 10.2. The SMILES string of the molecule is O=[N+]([O-])c1ccc(OP(O)(O)=S)c(Cl)c1. The number of hydrogen-bond donors (Lipinski definition) is 2. The lowest BCUT2D eigenvalue weighted by atomic mass is 10.3. The van der Waals surface area contributed by atoms with E-state index in [4.69, 9.17) is 21.4 Å². The molecule has 2 N–H and O–H groups in total. The Morgan fingerprint density at radius 3 is 2.53 bits per heavy atom. The second-order valence-corrected chi connectivity index (χ2v) is 5.45. The maximum atomic E-state index is 10.3. The molecule has 0 saturated carbocycles. The van der Waals surface area contributed by atoms with Crippen molar-refractivity contribution < 1.29 is 19.2 Å². The average Bonchev–Trinajstić information content (AvgIpc) is 2.05. The number of nitrogens with zero attached hydrogens (tertiary/aromatic N) is 1. The molecule has 0 unspecified atom stereocenters. The summed E-state index contributed by atoms with van der Waals surface area (Å²) >= 11 is 9.82. The molecule has 0 heterocycles. The Balaban J connectivity index is 3.04. The summed E-state index contributed by atoms with van der Waals surface area (Å²) in [5.74, 6) is -0.101. The normalized spacial score (nSPS) is 11.1. The molecular weight excluding hydrogens is 265 g/mol. The van der Waals surface area contributed by atoms with Gasteiger partial charge in [0.25, 0.3) is 5.69 Å². The highest BCUT2D eigenvalue weighted by atomic mass is 35.5. The van der Waals surface area contributed by atoms with Crippen molar-refractivity contribution in [1.82, 2.24) is 0 Å². The maximum absolute atomic E-state index is 10.3. The van der Waals surface area contributed by atoms with Crippen LogP contribution in [-0.4, -0.2) is 14.7 Å². The standard InChI is InChI=1S/C6H5ClNO5PS/c7-5-3-4(8(9)10)1-2-6(5)13-14(11,12)15/h1-3H,(H2,11,12,15). The first kappa shape index (κ1) is 12.4. The largest absolute Gasteiger partial charge is 0.423 e. The van der Waals surface area contributed by atoms with E-state index in [1.165, 1.54) is 0 Å². The van der Waals surface area contributed by atoms with Gasteiger partial charge >= 0.3 is 6.72 Å². The topological polar surface area (TPSA) is 92.8 Å². The first-order valence-corrected chi connectivity index (χ1v) is 6.49. The lowest BCUT2D eigenvalue weighted by Crippen LogP contribution is -1.92. The predicted octanol–water partition coefficient (Wildman–Crippen LogP) is 1.84. The number of rotatable bonds is 3. The van der Waals surface area contributed by atoms with Gasteiger partial charge in [-0.2, -0.15) is 0 Å². The molecule has 9 heteroatoms. The zero-order valence-corrected chi connectivity index (χ0v) is 9.50. The molecule has 0 saturated heterocycles. The molecule has 1 aromatic rings. The van der Waals surface area contributed by atoms with Crippen molar-refractivity contribution in [2.45, 2.75) is 0 Å². The van der Waals surface area contributed by atoms with Gasteiger partial charge in [0.05, 0.1) is 9.95 Å².